The average molecular weight is 464 g/mol. The number of halogens is 3. The zero-order valence-electron chi connectivity index (χ0n) is 19.0. The zero-order valence-corrected chi connectivity index (χ0v) is 19.0. The van der Waals surface area contributed by atoms with E-state index in [4.69, 9.17) is 4.74 Å². The molecule has 0 N–H and O–H groups in total. The van der Waals surface area contributed by atoms with Crippen LogP contribution in [0.4, 0.5) is 13.2 Å². The number of benzene rings is 1. The molecule has 2 heterocycles. The van der Waals surface area contributed by atoms with E-state index in [0.29, 0.717) is 43.1 Å². The van der Waals surface area contributed by atoms with E-state index < -0.39 is 12.0 Å². The third kappa shape index (κ3) is 6.28. The van der Waals surface area contributed by atoms with Gasteiger partial charge in [-0.2, -0.15) is 18.2 Å². The standard InChI is InChI=1S/C23H28F3N5O2/c1-16-19(17(2)31-22(27-16)28-21(29-31)23(24,25)26)11-12-20(32)30(14-15-33-3)13-7-10-18-8-5-4-6-9-18/h4-6,8-9H,7,10-15H2,1-3H3. The Kier molecular flexibility index (Phi) is 8.01. The fourth-order valence-corrected chi connectivity index (χ4v) is 3.76. The number of carbonyl (C=O) groups is 1. The second-order valence-electron chi connectivity index (χ2n) is 7.87. The molecule has 0 atom stereocenters. The lowest BCUT2D eigenvalue weighted by molar-refractivity contribution is -0.144. The number of aromatic nitrogens is 4. The summed E-state index contributed by atoms with van der Waals surface area (Å²) in [6, 6.07) is 10.1. The number of aryl methyl sites for hydroxylation is 3. The van der Waals surface area contributed by atoms with Gasteiger partial charge in [-0.15, -0.1) is 5.10 Å². The van der Waals surface area contributed by atoms with Crippen LogP contribution in [0.1, 0.15) is 41.2 Å². The molecule has 178 valence electrons. The molecule has 0 saturated heterocycles. The zero-order chi connectivity index (χ0) is 24.0. The van der Waals surface area contributed by atoms with Crippen molar-refractivity contribution in [3.05, 3.63) is 58.7 Å². The molecule has 0 aliphatic heterocycles. The monoisotopic (exact) mass is 463 g/mol. The fraction of sp³-hybridized carbons (Fsp3) is 0.478. The molecule has 0 saturated carbocycles. The minimum Gasteiger partial charge on any atom is -0.383 e. The second kappa shape index (κ2) is 10.7. The van der Waals surface area contributed by atoms with E-state index in [0.717, 1.165) is 17.4 Å². The molecular formula is C23H28F3N5O2. The van der Waals surface area contributed by atoms with Crippen molar-refractivity contribution in [1.29, 1.82) is 0 Å². The molecular weight excluding hydrogens is 435 g/mol. The lowest BCUT2D eigenvalue weighted by Gasteiger charge is -2.23. The molecule has 1 aromatic carbocycles. The van der Waals surface area contributed by atoms with Crippen molar-refractivity contribution in [2.75, 3.05) is 26.8 Å². The summed E-state index contributed by atoms with van der Waals surface area (Å²) in [6.07, 6.45) is -2.40. The Labute approximate surface area is 190 Å². The van der Waals surface area contributed by atoms with Crippen LogP contribution in [0.3, 0.4) is 0 Å². The highest BCUT2D eigenvalue weighted by atomic mass is 19.4. The van der Waals surface area contributed by atoms with Crippen LogP contribution in [0.5, 0.6) is 0 Å². The molecule has 0 aliphatic rings. The molecule has 3 aromatic rings. The number of fused-ring (bicyclic) bond motifs is 1. The first-order valence-corrected chi connectivity index (χ1v) is 10.8. The molecule has 0 bridgehead atoms. The van der Waals surface area contributed by atoms with Gasteiger partial charge in [0.2, 0.25) is 5.91 Å². The van der Waals surface area contributed by atoms with Gasteiger partial charge in [0.1, 0.15) is 0 Å². The van der Waals surface area contributed by atoms with E-state index in [1.165, 1.54) is 5.56 Å². The van der Waals surface area contributed by atoms with Crippen molar-refractivity contribution < 1.29 is 22.7 Å². The largest absolute Gasteiger partial charge is 0.453 e. The number of hydrogen-bond acceptors (Lipinski definition) is 5. The van der Waals surface area contributed by atoms with E-state index in [9.17, 15) is 18.0 Å². The fourth-order valence-electron chi connectivity index (χ4n) is 3.76. The van der Waals surface area contributed by atoms with Gasteiger partial charge >= 0.3 is 6.18 Å². The van der Waals surface area contributed by atoms with Crippen molar-refractivity contribution in [3.8, 4) is 0 Å². The van der Waals surface area contributed by atoms with Gasteiger partial charge < -0.3 is 9.64 Å². The van der Waals surface area contributed by atoms with Crippen LogP contribution in [0, 0.1) is 13.8 Å². The van der Waals surface area contributed by atoms with Crippen LogP contribution in [-0.4, -0.2) is 57.2 Å². The maximum Gasteiger partial charge on any atom is 0.453 e. The first-order valence-electron chi connectivity index (χ1n) is 10.8. The van der Waals surface area contributed by atoms with E-state index in [1.54, 1.807) is 25.9 Å². The summed E-state index contributed by atoms with van der Waals surface area (Å²) in [6.45, 7) is 4.89. The van der Waals surface area contributed by atoms with Crippen molar-refractivity contribution >= 4 is 11.7 Å². The SMILES string of the molecule is COCCN(CCCc1ccccc1)C(=O)CCc1c(C)nc2nc(C(F)(F)F)nn2c1C. The molecule has 33 heavy (non-hydrogen) atoms. The molecule has 0 radical (unpaired) electrons. The molecule has 0 unspecified atom stereocenters. The van der Waals surface area contributed by atoms with Crippen LogP contribution >= 0.6 is 0 Å². The summed E-state index contributed by atoms with van der Waals surface area (Å²) in [5.41, 5.74) is 2.96. The van der Waals surface area contributed by atoms with Crippen LogP contribution in [0.2, 0.25) is 0 Å². The number of hydrogen-bond donors (Lipinski definition) is 0. The Bertz CT molecular complexity index is 1080. The third-order valence-corrected chi connectivity index (χ3v) is 5.55. The average Bonchev–Trinajstić information content (AvgIpc) is 3.21. The first-order chi connectivity index (χ1) is 15.7. The number of carbonyl (C=O) groups excluding carboxylic acids is 1. The topological polar surface area (TPSA) is 72.6 Å². The van der Waals surface area contributed by atoms with E-state index in [2.05, 4.69) is 27.2 Å². The number of alkyl halides is 3. The van der Waals surface area contributed by atoms with Gasteiger partial charge in [-0.25, -0.2) is 9.50 Å². The predicted octanol–water partition coefficient (Wildman–Crippen LogP) is 3.80. The number of amides is 1. The summed E-state index contributed by atoms with van der Waals surface area (Å²) in [4.78, 5) is 22.4. The van der Waals surface area contributed by atoms with Gasteiger partial charge in [0.05, 0.1) is 6.61 Å². The van der Waals surface area contributed by atoms with Crippen LogP contribution in [0.25, 0.3) is 5.78 Å². The summed E-state index contributed by atoms with van der Waals surface area (Å²) >= 11 is 0. The molecule has 10 heteroatoms. The molecule has 7 nitrogen and oxygen atoms in total. The van der Waals surface area contributed by atoms with E-state index >= 15 is 0 Å². The highest BCUT2D eigenvalue weighted by Crippen LogP contribution is 2.27. The third-order valence-electron chi connectivity index (χ3n) is 5.55. The van der Waals surface area contributed by atoms with Gasteiger partial charge in [0, 0.05) is 38.0 Å². The minimum absolute atomic E-state index is 0.0337. The van der Waals surface area contributed by atoms with Crippen molar-refractivity contribution in [2.24, 2.45) is 0 Å². The summed E-state index contributed by atoms with van der Waals surface area (Å²) in [5.74, 6) is -1.36. The first kappa shape index (κ1) is 24.6. The number of rotatable bonds is 10. The maximum atomic E-state index is 13.0. The quantitative estimate of drug-likeness (QED) is 0.457. The van der Waals surface area contributed by atoms with Crippen LogP contribution in [-0.2, 0) is 28.5 Å². The van der Waals surface area contributed by atoms with E-state index in [1.807, 2.05) is 18.2 Å². The molecule has 1 amide bonds. The highest BCUT2D eigenvalue weighted by Gasteiger charge is 2.37. The molecule has 0 spiro atoms. The van der Waals surface area contributed by atoms with Crippen LogP contribution < -0.4 is 0 Å². The van der Waals surface area contributed by atoms with Gasteiger partial charge in [-0.05, 0) is 44.2 Å². The summed E-state index contributed by atoms with van der Waals surface area (Å²) in [7, 11) is 1.59. The summed E-state index contributed by atoms with van der Waals surface area (Å²) < 4.78 is 45.2. The second-order valence-corrected chi connectivity index (χ2v) is 7.87. The van der Waals surface area contributed by atoms with Crippen molar-refractivity contribution in [3.63, 3.8) is 0 Å². The van der Waals surface area contributed by atoms with Gasteiger partial charge in [0.15, 0.2) is 0 Å². The Morgan fingerprint density at radius 1 is 1.09 bits per heavy atom. The predicted molar refractivity (Wildman–Crippen MR) is 117 cm³/mol. The van der Waals surface area contributed by atoms with Gasteiger partial charge in [-0.3, -0.25) is 4.79 Å². The van der Waals surface area contributed by atoms with Crippen molar-refractivity contribution in [2.45, 2.75) is 45.7 Å². The van der Waals surface area contributed by atoms with Gasteiger partial charge in [-0.1, -0.05) is 30.3 Å². The minimum atomic E-state index is -4.65. The molecule has 0 fully saturated rings. The summed E-state index contributed by atoms with van der Waals surface area (Å²) in [5, 5.41) is 3.56. The lowest BCUT2D eigenvalue weighted by Crippen LogP contribution is -2.35. The maximum absolute atomic E-state index is 13.0. The Balaban J connectivity index is 1.68. The van der Waals surface area contributed by atoms with Crippen molar-refractivity contribution in [1.82, 2.24) is 24.5 Å². The Hall–Kier alpha value is -3.01. The molecule has 3 rings (SSSR count). The number of ether oxygens (including phenoxy) is 1. The Morgan fingerprint density at radius 2 is 1.82 bits per heavy atom. The smallest absolute Gasteiger partial charge is 0.383 e. The highest BCUT2D eigenvalue weighted by molar-refractivity contribution is 5.76. The van der Waals surface area contributed by atoms with Gasteiger partial charge in [0.25, 0.3) is 11.6 Å². The molecule has 2 aromatic heterocycles. The lowest BCUT2D eigenvalue weighted by atomic mass is 10.1. The Morgan fingerprint density at radius 3 is 2.48 bits per heavy atom. The van der Waals surface area contributed by atoms with Crippen LogP contribution in [0.15, 0.2) is 30.3 Å². The van der Waals surface area contributed by atoms with E-state index in [-0.39, 0.29) is 18.1 Å². The number of methoxy groups -OCH3 is 1. The normalized spacial score (nSPS) is 11.8. The number of nitrogens with zero attached hydrogens (tertiary/aromatic N) is 5. The molecule has 0 aliphatic carbocycles.